The fraction of sp³-hybridized carbons (Fsp3) is 0.0769. The van der Waals surface area contributed by atoms with E-state index in [1.807, 2.05) is 6.07 Å². The number of anilines is 2. The standard InChI is InChI=1S/C13H13BrN2O2S/c1-9-5-11(15)8-13(6-9)19(17,18)16-12-4-2-3-10(14)7-12/h2-8,16H,15H2,1H3. The van der Waals surface area contributed by atoms with Crippen molar-refractivity contribution in [3.63, 3.8) is 0 Å². The van der Waals surface area contributed by atoms with Gasteiger partial charge < -0.3 is 5.73 Å². The molecule has 2 aromatic rings. The van der Waals surface area contributed by atoms with Gasteiger partial charge in [-0.15, -0.1) is 0 Å². The van der Waals surface area contributed by atoms with Crippen LogP contribution in [0.4, 0.5) is 11.4 Å². The summed E-state index contributed by atoms with van der Waals surface area (Å²) in [5, 5.41) is 0. The predicted molar refractivity (Wildman–Crippen MR) is 80.5 cm³/mol. The van der Waals surface area contributed by atoms with E-state index in [0.29, 0.717) is 11.4 Å². The van der Waals surface area contributed by atoms with E-state index in [0.717, 1.165) is 10.0 Å². The molecule has 100 valence electrons. The van der Waals surface area contributed by atoms with Crippen molar-refractivity contribution in [2.75, 3.05) is 10.5 Å². The third kappa shape index (κ3) is 3.48. The molecule has 0 atom stereocenters. The van der Waals surface area contributed by atoms with Gasteiger partial charge in [0, 0.05) is 15.8 Å². The molecular weight excluding hydrogens is 328 g/mol. The van der Waals surface area contributed by atoms with Gasteiger partial charge in [0.2, 0.25) is 0 Å². The van der Waals surface area contributed by atoms with Gasteiger partial charge in [-0.2, -0.15) is 0 Å². The molecule has 4 nitrogen and oxygen atoms in total. The van der Waals surface area contributed by atoms with Crippen LogP contribution in [0.25, 0.3) is 0 Å². The number of hydrogen-bond donors (Lipinski definition) is 2. The maximum atomic E-state index is 12.2. The molecule has 0 saturated heterocycles. The lowest BCUT2D eigenvalue weighted by Crippen LogP contribution is -2.13. The van der Waals surface area contributed by atoms with Crippen molar-refractivity contribution in [2.24, 2.45) is 0 Å². The zero-order valence-electron chi connectivity index (χ0n) is 10.2. The number of nitrogens with two attached hydrogens (primary N) is 1. The van der Waals surface area contributed by atoms with Crippen LogP contribution in [-0.4, -0.2) is 8.42 Å². The molecule has 0 aliphatic heterocycles. The highest BCUT2D eigenvalue weighted by Gasteiger charge is 2.15. The van der Waals surface area contributed by atoms with E-state index in [2.05, 4.69) is 20.7 Å². The summed E-state index contributed by atoms with van der Waals surface area (Å²) in [6, 6.07) is 11.7. The summed E-state index contributed by atoms with van der Waals surface area (Å²) in [5.74, 6) is 0. The Morgan fingerprint density at radius 2 is 1.89 bits per heavy atom. The van der Waals surface area contributed by atoms with E-state index in [1.165, 1.54) is 6.07 Å². The zero-order valence-corrected chi connectivity index (χ0v) is 12.6. The molecule has 0 saturated carbocycles. The van der Waals surface area contributed by atoms with Crippen molar-refractivity contribution in [1.29, 1.82) is 0 Å². The van der Waals surface area contributed by atoms with Gasteiger partial charge in [-0.25, -0.2) is 8.42 Å². The van der Waals surface area contributed by atoms with Crippen LogP contribution < -0.4 is 10.5 Å². The molecular formula is C13H13BrN2O2S. The van der Waals surface area contributed by atoms with Crippen molar-refractivity contribution in [3.05, 3.63) is 52.5 Å². The minimum Gasteiger partial charge on any atom is -0.399 e. The summed E-state index contributed by atoms with van der Waals surface area (Å²) < 4.78 is 27.8. The van der Waals surface area contributed by atoms with Crippen LogP contribution in [0, 0.1) is 6.92 Å². The minimum atomic E-state index is -3.63. The molecule has 2 rings (SSSR count). The van der Waals surface area contributed by atoms with Crippen molar-refractivity contribution < 1.29 is 8.42 Å². The molecule has 0 amide bonds. The van der Waals surface area contributed by atoms with Crippen molar-refractivity contribution in [1.82, 2.24) is 0 Å². The molecule has 0 fully saturated rings. The first-order valence-electron chi connectivity index (χ1n) is 5.52. The molecule has 6 heteroatoms. The molecule has 19 heavy (non-hydrogen) atoms. The van der Waals surface area contributed by atoms with E-state index in [9.17, 15) is 8.42 Å². The normalized spacial score (nSPS) is 11.3. The second-order valence-electron chi connectivity index (χ2n) is 4.20. The van der Waals surface area contributed by atoms with E-state index >= 15 is 0 Å². The molecule has 0 aliphatic carbocycles. The monoisotopic (exact) mass is 340 g/mol. The van der Waals surface area contributed by atoms with E-state index in [4.69, 9.17) is 5.73 Å². The van der Waals surface area contributed by atoms with Crippen LogP contribution in [0.2, 0.25) is 0 Å². The Morgan fingerprint density at radius 3 is 2.53 bits per heavy atom. The van der Waals surface area contributed by atoms with Crippen LogP contribution in [0.3, 0.4) is 0 Å². The minimum absolute atomic E-state index is 0.157. The lowest BCUT2D eigenvalue weighted by Gasteiger charge is -2.09. The summed E-state index contributed by atoms with van der Waals surface area (Å²) >= 11 is 3.29. The van der Waals surface area contributed by atoms with Gasteiger partial charge in [0.05, 0.1) is 4.90 Å². The predicted octanol–water partition coefficient (Wildman–Crippen LogP) is 3.14. The SMILES string of the molecule is Cc1cc(N)cc(S(=O)(=O)Nc2cccc(Br)c2)c1. The summed E-state index contributed by atoms with van der Waals surface area (Å²) in [6.07, 6.45) is 0. The van der Waals surface area contributed by atoms with Crippen molar-refractivity contribution in [2.45, 2.75) is 11.8 Å². The third-order valence-corrected chi connectivity index (χ3v) is 4.31. The Labute approximate surface area is 120 Å². The molecule has 0 bridgehead atoms. The number of halogens is 1. The van der Waals surface area contributed by atoms with Gasteiger partial charge in [0.1, 0.15) is 0 Å². The van der Waals surface area contributed by atoms with Gasteiger partial charge in [-0.05, 0) is 48.9 Å². The van der Waals surface area contributed by atoms with Crippen LogP contribution in [0.15, 0.2) is 51.8 Å². The number of benzene rings is 2. The Hall–Kier alpha value is -1.53. The van der Waals surface area contributed by atoms with Crippen LogP contribution in [-0.2, 0) is 10.0 Å². The second kappa shape index (κ2) is 5.22. The second-order valence-corrected chi connectivity index (χ2v) is 6.79. The van der Waals surface area contributed by atoms with Gasteiger partial charge >= 0.3 is 0 Å². The average Bonchev–Trinajstić information content (AvgIpc) is 2.26. The maximum Gasteiger partial charge on any atom is 0.261 e. The highest BCUT2D eigenvalue weighted by Crippen LogP contribution is 2.21. The fourth-order valence-electron chi connectivity index (χ4n) is 1.70. The number of nitrogens with one attached hydrogen (secondary N) is 1. The van der Waals surface area contributed by atoms with Gasteiger partial charge in [0.25, 0.3) is 10.0 Å². The first-order chi connectivity index (χ1) is 8.87. The van der Waals surface area contributed by atoms with Gasteiger partial charge in [0.15, 0.2) is 0 Å². The average molecular weight is 341 g/mol. The molecule has 0 spiro atoms. The fourth-order valence-corrected chi connectivity index (χ4v) is 3.28. The number of nitrogen functional groups attached to an aromatic ring is 1. The summed E-state index contributed by atoms with van der Waals surface area (Å²) in [4.78, 5) is 0.157. The molecule has 0 unspecified atom stereocenters. The Bertz CT molecular complexity index is 694. The highest BCUT2D eigenvalue weighted by atomic mass is 79.9. The van der Waals surface area contributed by atoms with Gasteiger partial charge in [-0.1, -0.05) is 22.0 Å². The lowest BCUT2D eigenvalue weighted by atomic mass is 10.2. The van der Waals surface area contributed by atoms with E-state index < -0.39 is 10.0 Å². The number of aryl methyl sites for hydroxylation is 1. The summed E-state index contributed by atoms with van der Waals surface area (Å²) in [5.41, 5.74) is 7.39. The largest absolute Gasteiger partial charge is 0.399 e. The van der Waals surface area contributed by atoms with E-state index in [1.54, 1.807) is 37.3 Å². The number of rotatable bonds is 3. The van der Waals surface area contributed by atoms with Crippen molar-refractivity contribution in [3.8, 4) is 0 Å². The van der Waals surface area contributed by atoms with Crippen LogP contribution in [0.5, 0.6) is 0 Å². The molecule has 3 N–H and O–H groups in total. The maximum absolute atomic E-state index is 12.2. The number of sulfonamides is 1. The lowest BCUT2D eigenvalue weighted by molar-refractivity contribution is 0.601. The number of hydrogen-bond acceptors (Lipinski definition) is 3. The Morgan fingerprint density at radius 1 is 1.16 bits per heavy atom. The Balaban J connectivity index is 2.37. The highest BCUT2D eigenvalue weighted by molar-refractivity contribution is 9.10. The van der Waals surface area contributed by atoms with Gasteiger partial charge in [-0.3, -0.25) is 4.72 Å². The molecule has 0 radical (unpaired) electrons. The molecule has 0 aliphatic rings. The van der Waals surface area contributed by atoms with E-state index in [-0.39, 0.29) is 4.90 Å². The Kier molecular flexibility index (Phi) is 3.82. The first-order valence-corrected chi connectivity index (χ1v) is 7.80. The molecule has 0 heterocycles. The quantitative estimate of drug-likeness (QED) is 0.843. The zero-order chi connectivity index (χ0) is 14.0. The van der Waals surface area contributed by atoms with Crippen molar-refractivity contribution >= 4 is 37.3 Å². The summed E-state index contributed by atoms with van der Waals surface area (Å²) in [6.45, 7) is 1.80. The third-order valence-electron chi connectivity index (χ3n) is 2.46. The molecule has 2 aromatic carbocycles. The summed E-state index contributed by atoms with van der Waals surface area (Å²) in [7, 11) is -3.63. The molecule has 0 aromatic heterocycles. The first kappa shape index (κ1) is 13.9. The van der Waals surface area contributed by atoms with Crippen LogP contribution >= 0.6 is 15.9 Å². The topological polar surface area (TPSA) is 72.2 Å². The smallest absolute Gasteiger partial charge is 0.261 e. The van der Waals surface area contributed by atoms with Crippen LogP contribution in [0.1, 0.15) is 5.56 Å².